The maximum atomic E-state index is 12.8. The first-order chi connectivity index (χ1) is 15.2. The molecular weight excluding hydrogens is 426 g/mol. The van der Waals surface area contributed by atoms with Gasteiger partial charge in [0.15, 0.2) is 0 Å². The average molecular weight is 456 g/mol. The fraction of sp³-hybridized carbons (Fsp3) is 0.417. The molecule has 0 bridgehead atoms. The van der Waals surface area contributed by atoms with Crippen molar-refractivity contribution in [3.63, 3.8) is 0 Å². The summed E-state index contributed by atoms with van der Waals surface area (Å²) in [7, 11) is -3.70. The maximum absolute atomic E-state index is 12.8. The predicted molar refractivity (Wildman–Crippen MR) is 123 cm³/mol. The number of hydrogen-bond donors (Lipinski definition) is 2. The first kappa shape index (κ1) is 22.3. The third-order valence-electron chi connectivity index (χ3n) is 6.25. The molecule has 1 heterocycles. The number of amides is 2. The predicted octanol–water partition coefficient (Wildman–Crippen LogP) is 3.24. The molecule has 0 radical (unpaired) electrons. The Bertz CT molecular complexity index is 1120. The Morgan fingerprint density at radius 1 is 0.906 bits per heavy atom. The molecule has 2 amide bonds. The lowest BCUT2D eigenvalue weighted by atomic mass is 10.0. The maximum Gasteiger partial charge on any atom is 0.261 e. The van der Waals surface area contributed by atoms with Crippen molar-refractivity contribution in [3.05, 3.63) is 59.2 Å². The lowest BCUT2D eigenvalue weighted by Crippen LogP contribution is -2.46. The summed E-state index contributed by atoms with van der Waals surface area (Å²) in [5, 5.41) is 3.09. The van der Waals surface area contributed by atoms with E-state index in [0.717, 1.165) is 36.8 Å². The first-order valence-corrected chi connectivity index (χ1v) is 12.5. The number of hydrogen-bond acceptors (Lipinski definition) is 4. The monoisotopic (exact) mass is 455 g/mol. The molecule has 7 nitrogen and oxygen atoms in total. The Balaban J connectivity index is 1.34. The van der Waals surface area contributed by atoms with Crippen LogP contribution in [0.25, 0.3) is 0 Å². The smallest absolute Gasteiger partial charge is 0.261 e. The van der Waals surface area contributed by atoms with Crippen LogP contribution in [-0.2, 0) is 14.8 Å². The average Bonchev–Trinajstić information content (AvgIpc) is 3.61. The van der Waals surface area contributed by atoms with Crippen molar-refractivity contribution in [2.45, 2.75) is 50.5 Å². The van der Waals surface area contributed by atoms with Gasteiger partial charge < -0.3 is 10.2 Å². The quantitative estimate of drug-likeness (QED) is 0.699. The second kappa shape index (κ2) is 8.94. The zero-order valence-corrected chi connectivity index (χ0v) is 19.2. The van der Waals surface area contributed by atoms with E-state index in [-0.39, 0.29) is 28.7 Å². The van der Waals surface area contributed by atoms with Crippen molar-refractivity contribution in [3.8, 4) is 0 Å². The lowest BCUT2D eigenvalue weighted by molar-refractivity contribution is -0.123. The van der Waals surface area contributed by atoms with Gasteiger partial charge in [0.25, 0.3) is 15.9 Å². The molecule has 4 rings (SSSR count). The van der Waals surface area contributed by atoms with Crippen LogP contribution in [0, 0.1) is 19.8 Å². The van der Waals surface area contributed by atoms with Gasteiger partial charge in [0.05, 0.1) is 4.90 Å². The molecule has 1 aliphatic carbocycles. The standard InChI is InChI=1S/C24H29N3O4S/c1-16-3-10-22(15-17(16)2)32(30,31)26-21-8-6-19(7-9-21)24(29)27-13-11-20(12-14-27)25-23(28)18-4-5-18/h3,6-10,15,18,20,26H,4-5,11-14H2,1-2H3,(H,25,28). The summed E-state index contributed by atoms with van der Waals surface area (Å²) in [6.07, 6.45) is 3.47. The van der Waals surface area contributed by atoms with E-state index in [1.165, 1.54) is 0 Å². The van der Waals surface area contributed by atoms with Gasteiger partial charge in [-0.3, -0.25) is 14.3 Å². The highest BCUT2D eigenvalue weighted by molar-refractivity contribution is 7.92. The molecule has 2 aromatic carbocycles. The summed E-state index contributed by atoms with van der Waals surface area (Å²) in [4.78, 5) is 26.7. The number of benzene rings is 2. The largest absolute Gasteiger partial charge is 0.353 e. The van der Waals surface area contributed by atoms with Gasteiger partial charge in [-0.05, 0) is 87.1 Å². The molecule has 0 atom stereocenters. The van der Waals surface area contributed by atoms with Crippen LogP contribution in [0.4, 0.5) is 5.69 Å². The van der Waals surface area contributed by atoms with Crippen LogP contribution in [0.1, 0.15) is 47.2 Å². The Morgan fingerprint density at radius 3 is 2.16 bits per heavy atom. The van der Waals surface area contributed by atoms with Crippen molar-refractivity contribution in [1.29, 1.82) is 0 Å². The molecule has 8 heteroatoms. The molecule has 2 aromatic rings. The normalized spacial score (nSPS) is 17.1. The summed E-state index contributed by atoms with van der Waals surface area (Å²) in [5.74, 6) is 0.259. The van der Waals surface area contributed by atoms with Crippen LogP contribution < -0.4 is 10.0 Å². The molecule has 0 spiro atoms. The van der Waals surface area contributed by atoms with Crippen LogP contribution >= 0.6 is 0 Å². The second-order valence-electron chi connectivity index (χ2n) is 8.78. The summed E-state index contributed by atoms with van der Waals surface area (Å²) in [6, 6.07) is 11.6. The fourth-order valence-corrected chi connectivity index (χ4v) is 4.99. The molecule has 1 saturated carbocycles. The molecule has 170 valence electrons. The second-order valence-corrected chi connectivity index (χ2v) is 10.5. The minimum atomic E-state index is -3.70. The molecule has 1 saturated heterocycles. The molecule has 32 heavy (non-hydrogen) atoms. The minimum Gasteiger partial charge on any atom is -0.353 e. The van der Waals surface area contributed by atoms with Gasteiger partial charge in [-0.25, -0.2) is 8.42 Å². The molecule has 2 fully saturated rings. The number of nitrogens with zero attached hydrogens (tertiary/aromatic N) is 1. The van der Waals surface area contributed by atoms with Gasteiger partial charge in [0.1, 0.15) is 0 Å². The van der Waals surface area contributed by atoms with Crippen molar-refractivity contribution in [2.24, 2.45) is 5.92 Å². The Morgan fingerprint density at radius 2 is 1.56 bits per heavy atom. The Hall–Kier alpha value is -2.87. The fourth-order valence-electron chi connectivity index (χ4n) is 3.85. The molecule has 2 N–H and O–H groups in total. The Kier molecular flexibility index (Phi) is 6.24. The van der Waals surface area contributed by atoms with Crippen LogP contribution in [0.5, 0.6) is 0 Å². The summed E-state index contributed by atoms with van der Waals surface area (Å²) in [6.45, 7) is 4.99. The van der Waals surface area contributed by atoms with Gasteiger partial charge in [-0.1, -0.05) is 6.07 Å². The van der Waals surface area contributed by atoms with Gasteiger partial charge in [0.2, 0.25) is 5.91 Å². The Labute approximate surface area is 189 Å². The van der Waals surface area contributed by atoms with E-state index in [2.05, 4.69) is 10.0 Å². The summed E-state index contributed by atoms with van der Waals surface area (Å²) >= 11 is 0. The zero-order chi connectivity index (χ0) is 22.9. The van der Waals surface area contributed by atoms with Crippen molar-refractivity contribution < 1.29 is 18.0 Å². The van der Waals surface area contributed by atoms with E-state index in [9.17, 15) is 18.0 Å². The lowest BCUT2D eigenvalue weighted by Gasteiger charge is -2.32. The number of nitrogens with one attached hydrogen (secondary N) is 2. The number of aryl methyl sites for hydroxylation is 2. The first-order valence-electron chi connectivity index (χ1n) is 11.0. The van der Waals surface area contributed by atoms with Crippen molar-refractivity contribution >= 4 is 27.5 Å². The van der Waals surface area contributed by atoms with Crippen LogP contribution in [-0.4, -0.2) is 44.3 Å². The number of piperidine rings is 1. The van der Waals surface area contributed by atoms with E-state index >= 15 is 0 Å². The SMILES string of the molecule is Cc1ccc(S(=O)(=O)Nc2ccc(C(=O)N3CCC(NC(=O)C4CC4)CC3)cc2)cc1C. The molecule has 0 aromatic heterocycles. The minimum absolute atomic E-state index is 0.0828. The van der Waals surface area contributed by atoms with Crippen molar-refractivity contribution in [2.75, 3.05) is 17.8 Å². The molecule has 2 aliphatic rings. The number of carbonyl (C=O) groups excluding carboxylic acids is 2. The topological polar surface area (TPSA) is 95.6 Å². The van der Waals surface area contributed by atoms with E-state index in [4.69, 9.17) is 0 Å². The number of carbonyl (C=O) groups is 2. The van der Waals surface area contributed by atoms with Crippen molar-refractivity contribution in [1.82, 2.24) is 10.2 Å². The number of rotatable bonds is 6. The summed E-state index contributed by atoms with van der Waals surface area (Å²) < 4.78 is 27.9. The number of likely N-dealkylation sites (tertiary alicyclic amines) is 1. The third-order valence-corrected chi connectivity index (χ3v) is 7.63. The van der Waals surface area contributed by atoms with Crippen LogP contribution in [0.3, 0.4) is 0 Å². The molecule has 0 unspecified atom stereocenters. The van der Waals surface area contributed by atoms with E-state index < -0.39 is 10.0 Å². The molecular formula is C24H29N3O4S. The van der Waals surface area contributed by atoms with E-state index in [0.29, 0.717) is 24.3 Å². The number of anilines is 1. The van der Waals surface area contributed by atoms with E-state index in [1.807, 2.05) is 13.8 Å². The van der Waals surface area contributed by atoms with E-state index in [1.54, 1.807) is 47.4 Å². The van der Waals surface area contributed by atoms with Crippen LogP contribution in [0.2, 0.25) is 0 Å². The molecule has 1 aliphatic heterocycles. The zero-order valence-electron chi connectivity index (χ0n) is 18.4. The highest BCUT2D eigenvalue weighted by atomic mass is 32.2. The van der Waals surface area contributed by atoms with Crippen LogP contribution in [0.15, 0.2) is 47.4 Å². The highest BCUT2D eigenvalue weighted by Crippen LogP contribution is 2.29. The summed E-state index contributed by atoms with van der Waals surface area (Å²) in [5.41, 5.74) is 2.85. The van der Waals surface area contributed by atoms with Gasteiger partial charge >= 0.3 is 0 Å². The van der Waals surface area contributed by atoms with Gasteiger partial charge in [-0.2, -0.15) is 0 Å². The highest BCUT2D eigenvalue weighted by Gasteiger charge is 2.32. The third kappa shape index (κ3) is 5.12. The number of sulfonamides is 1. The van der Waals surface area contributed by atoms with Gasteiger partial charge in [-0.15, -0.1) is 0 Å². The van der Waals surface area contributed by atoms with Gasteiger partial charge in [0, 0.05) is 36.3 Å².